The average Bonchev–Trinajstić information content (AvgIpc) is 3.06. The molecule has 3 aliphatic rings. The Balaban J connectivity index is 1.54. The maximum Gasteiger partial charge on any atom is 0.283 e. The highest BCUT2D eigenvalue weighted by Gasteiger charge is 2.29. The minimum Gasteiger partial charge on any atom is -0.381 e. The Kier molecular flexibility index (Phi) is 4.41. The van der Waals surface area contributed by atoms with Crippen molar-refractivity contribution in [2.45, 2.75) is 62.6 Å². The molecule has 26 heavy (non-hydrogen) atoms. The Hall–Kier alpha value is -1.18. The van der Waals surface area contributed by atoms with E-state index in [0.717, 1.165) is 65.4 Å². The number of aromatic nitrogens is 2. The van der Waals surface area contributed by atoms with Gasteiger partial charge in [0.1, 0.15) is 4.83 Å². The summed E-state index contributed by atoms with van der Waals surface area (Å²) >= 11 is 3.39. The van der Waals surface area contributed by atoms with Crippen LogP contribution < -0.4 is 5.56 Å². The highest BCUT2D eigenvalue weighted by atomic mass is 32.2. The normalized spacial score (nSPS) is 25.7. The monoisotopic (exact) mass is 389 g/mol. The second-order valence-corrected chi connectivity index (χ2v) is 9.52. The van der Waals surface area contributed by atoms with Crippen LogP contribution >= 0.6 is 23.1 Å². The number of methoxy groups -OCH3 is 1. The first kappa shape index (κ1) is 17.0. The topological polar surface area (TPSA) is 56.5 Å². The van der Waals surface area contributed by atoms with Crippen LogP contribution in [-0.4, -0.2) is 34.3 Å². The molecule has 1 aliphatic heterocycles. The summed E-state index contributed by atoms with van der Waals surface area (Å²) in [5.74, 6) is 1.33. The zero-order chi connectivity index (χ0) is 17.7. The molecule has 5 nitrogen and oxygen atoms in total. The third kappa shape index (κ3) is 2.75. The zero-order valence-corrected chi connectivity index (χ0v) is 16.6. The van der Waals surface area contributed by atoms with Crippen LogP contribution in [0.4, 0.5) is 0 Å². The molecule has 5 rings (SSSR count). The van der Waals surface area contributed by atoms with Gasteiger partial charge in [-0.25, -0.2) is 4.98 Å². The number of nitrogens with zero attached hydrogens (tertiary/aromatic N) is 3. The zero-order valence-electron chi connectivity index (χ0n) is 15.0. The average molecular weight is 390 g/mol. The minimum absolute atomic E-state index is 0.0414. The summed E-state index contributed by atoms with van der Waals surface area (Å²) in [5.41, 5.74) is 2.45. The highest BCUT2D eigenvalue weighted by molar-refractivity contribution is 7.99. The van der Waals surface area contributed by atoms with E-state index < -0.39 is 0 Å². The first-order valence-corrected chi connectivity index (χ1v) is 11.4. The molecule has 0 N–H and O–H groups in total. The van der Waals surface area contributed by atoms with E-state index in [1.165, 1.54) is 23.3 Å². The Morgan fingerprint density at radius 1 is 1.15 bits per heavy atom. The van der Waals surface area contributed by atoms with E-state index in [1.54, 1.807) is 34.9 Å². The first-order valence-electron chi connectivity index (χ1n) is 9.55. The SMILES string of the molecule is COC1CCC(C2=Nn3c(nc4sc5c(c4c3=O)CCCC5)SC2)CC1. The van der Waals surface area contributed by atoms with Crippen molar-refractivity contribution in [1.29, 1.82) is 0 Å². The molecule has 7 heteroatoms. The predicted molar refractivity (Wildman–Crippen MR) is 107 cm³/mol. The van der Waals surface area contributed by atoms with Crippen molar-refractivity contribution in [2.24, 2.45) is 11.0 Å². The highest BCUT2D eigenvalue weighted by Crippen LogP contribution is 2.36. The van der Waals surface area contributed by atoms with Crippen LogP contribution in [0.25, 0.3) is 10.2 Å². The fourth-order valence-electron chi connectivity index (χ4n) is 4.49. The number of fused-ring (bicyclic) bond motifs is 4. The second-order valence-electron chi connectivity index (χ2n) is 7.49. The molecule has 2 aromatic heterocycles. The molecule has 0 amide bonds. The number of aryl methyl sites for hydroxylation is 2. The molecule has 1 saturated carbocycles. The van der Waals surface area contributed by atoms with Crippen molar-refractivity contribution in [1.82, 2.24) is 9.66 Å². The van der Waals surface area contributed by atoms with Crippen molar-refractivity contribution in [3.8, 4) is 0 Å². The summed E-state index contributed by atoms with van der Waals surface area (Å²) in [6.45, 7) is 0. The molecular weight excluding hydrogens is 366 g/mol. The van der Waals surface area contributed by atoms with Gasteiger partial charge in [0.25, 0.3) is 5.56 Å². The third-order valence-corrected chi connectivity index (χ3v) is 8.14. The molecule has 0 atom stereocenters. The van der Waals surface area contributed by atoms with Crippen LogP contribution in [-0.2, 0) is 17.6 Å². The smallest absolute Gasteiger partial charge is 0.283 e. The van der Waals surface area contributed by atoms with E-state index in [4.69, 9.17) is 14.8 Å². The lowest BCUT2D eigenvalue weighted by atomic mass is 9.84. The van der Waals surface area contributed by atoms with Crippen LogP contribution in [0.2, 0.25) is 0 Å². The van der Waals surface area contributed by atoms with Gasteiger partial charge in [0, 0.05) is 23.7 Å². The van der Waals surface area contributed by atoms with Crippen molar-refractivity contribution >= 4 is 39.0 Å². The molecule has 3 heterocycles. The van der Waals surface area contributed by atoms with E-state index in [9.17, 15) is 4.79 Å². The molecule has 0 unspecified atom stereocenters. The largest absolute Gasteiger partial charge is 0.381 e. The lowest BCUT2D eigenvalue weighted by Crippen LogP contribution is -2.32. The number of hydrogen-bond acceptors (Lipinski definition) is 6. The molecule has 2 aliphatic carbocycles. The molecule has 1 fully saturated rings. The molecular formula is C19H23N3O2S2. The standard InChI is InChI=1S/C19H23N3O2S2/c1-24-12-8-6-11(7-9-12)14-10-25-19-20-17-16(18(23)22(19)21-14)13-4-2-3-5-15(13)26-17/h11-12H,2-10H2,1H3. The third-order valence-electron chi connectivity index (χ3n) is 5.99. The second kappa shape index (κ2) is 6.77. The van der Waals surface area contributed by atoms with Gasteiger partial charge < -0.3 is 4.74 Å². The Morgan fingerprint density at radius 2 is 1.96 bits per heavy atom. The van der Waals surface area contributed by atoms with Crippen LogP contribution in [0.15, 0.2) is 15.1 Å². The van der Waals surface area contributed by atoms with Crippen molar-refractivity contribution in [3.05, 3.63) is 20.8 Å². The number of rotatable bonds is 2. The van der Waals surface area contributed by atoms with Crippen LogP contribution in [0, 0.1) is 5.92 Å². The Labute approximate surface area is 160 Å². The first-order chi connectivity index (χ1) is 12.7. The summed E-state index contributed by atoms with van der Waals surface area (Å²) in [6.07, 6.45) is 9.26. The van der Waals surface area contributed by atoms with Gasteiger partial charge in [-0.15, -0.1) is 11.3 Å². The van der Waals surface area contributed by atoms with Gasteiger partial charge in [-0.1, -0.05) is 11.8 Å². The van der Waals surface area contributed by atoms with E-state index in [0.29, 0.717) is 12.0 Å². The lowest BCUT2D eigenvalue weighted by Gasteiger charge is -2.29. The minimum atomic E-state index is 0.0414. The Morgan fingerprint density at radius 3 is 2.77 bits per heavy atom. The van der Waals surface area contributed by atoms with Gasteiger partial charge in [-0.2, -0.15) is 9.78 Å². The maximum absolute atomic E-state index is 13.2. The van der Waals surface area contributed by atoms with Gasteiger partial charge in [0.15, 0.2) is 5.16 Å². The van der Waals surface area contributed by atoms with Crippen LogP contribution in [0.3, 0.4) is 0 Å². The van der Waals surface area contributed by atoms with Gasteiger partial charge in [0.2, 0.25) is 0 Å². The molecule has 0 radical (unpaired) electrons. The fourth-order valence-corrected chi connectivity index (χ4v) is 6.77. The van der Waals surface area contributed by atoms with Gasteiger partial charge >= 0.3 is 0 Å². The summed E-state index contributed by atoms with van der Waals surface area (Å²) in [7, 11) is 1.80. The van der Waals surface area contributed by atoms with Gasteiger partial charge in [0.05, 0.1) is 17.2 Å². The molecule has 0 spiro atoms. The maximum atomic E-state index is 13.2. The van der Waals surface area contributed by atoms with Crippen molar-refractivity contribution in [3.63, 3.8) is 0 Å². The summed E-state index contributed by atoms with van der Waals surface area (Å²) in [6, 6.07) is 0. The lowest BCUT2D eigenvalue weighted by molar-refractivity contribution is 0.0646. The number of thiophene rings is 1. The molecule has 2 aromatic rings. The van der Waals surface area contributed by atoms with Gasteiger partial charge in [-0.05, 0) is 56.9 Å². The van der Waals surface area contributed by atoms with Crippen LogP contribution in [0.5, 0.6) is 0 Å². The fraction of sp³-hybridized carbons (Fsp3) is 0.632. The quantitative estimate of drug-likeness (QED) is 0.732. The number of hydrogen-bond donors (Lipinski definition) is 0. The van der Waals surface area contributed by atoms with E-state index in [-0.39, 0.29) is 5.56 Å². The summed E-state index contributed by atoms with van der Waals surface area (Å²) in [4.78, 5) is 20.3. The number of ether oxygens (including phenoxy) is 1. The molecule has 0 aromatic carbocycles. The van der Waals surface area contributed by atoms with Crippen LogP contribution in [0.1, 0.15) is 49.0 Å². The van der Waals surface area contributed by atoms with E-state index in [2.05, 4.69) is 0 Å². The predicted octanol–water partition coefficient (Wildman–Crippen LogP) is 3.85. The van der Waals surface area contributed by atoms with E-state index in [1.807, 2.05) is 0 Å². The Bertz CT molecular complexity index is 938. The number of thioether (sulfide) groups is 1. The molecule has 0 bridgehead atoms. The van der Waals surface area contributed by atoms with Crippen molar-refractivity contribution in [2.75, 3.05) is 12.9 Å². The summed E-state index contributed by atoms with van der Waals surface area (Å²) in [5, 5.41) is 6.39. The molecule has 138 valence electrons. The van der Waals surface area contributed by atoms with Crippen molar-refractivity contribution < 1.29 is 4.74 Å². The molecule has 0 saturated heterocycles. The summed E-state index contributed by atoms with van der Waals surface area (Å²) < 4.78 is 7.08. The van der Waals surface area contributed by atoms with Gasteiger partial charge in [-0.3, -0.25) is 4.79 Å². The van der Waals surface area contributed by atoms with E-state index >= 15 is 0 Å².